The Hall–Kier alpha value is -0.910. The van der Waals surface area contributed by atoms with Gasteiger partial charge >= 0.3 is 0 Å². The van der Waals surface area contributed by atoms with E-state index in [1.165, 1.54) is 18.4 Å². The fourth-order valence-corrected chi connectivity index (χ4v) is 2.98. The minimum atomic E-state index is -0.303. The zero-order valence-corrected chi connectivity index (χ0v) is 14.5. The topological polar surface area (TPSA) is 53.3 Å². The smallest absolute Gasteiger partial charge is 0.0791 e. The maximum atomic E-state index is 10.2. The summed E-state index contributed by atoms with van der Waals surface area (Å²) in [4.78, 5) is 2.39. The second-order valence-corrected chi connectivity index (χ2v) is 7.07. The number of β-amino-alcohol motifs (C(OH)–C–C–N with tert-alkyl or cyclic N) is 1. The second-order valence-electron chi connectivity index (χ2n) is 7.07. The molecule has 0 saturated carbocycles. The number of nitrogens with zero attached hydrogens (tertiary/aromatic N) is 3. The first-order valence-electron chi connectivity index (χ1n) is 8.60. The third-order valence-electron chi connectivity index (χ3n) is 4.89. The molecule has 126 valence electrons. The van der Waals surface area contributed by atoms with Gasteiger partial charge in [0.05, 0.1) is 18.3 Å². The Labute approximate surface area is 134 Å². The number of hydrogen-bond donors (Lipinski definition) is 2. The Morgan fingerprint density at radius 2 is 2.05 bits per heavy atom. The standard InChI is InChI=1S/C17H32N4O/c1-13-5-7-20(8-6-13)12-17(22)10-18-15(3)16(4)21-11-14(2)9-19-21/h9,11,13,15-18,22H,5-8,10,12H2,1-4H3/t15-,16-,17+/m1/s1. The van der Waals surface area contributed by atoms with E-state index in [0.717, 1.165) is 25.6 Å². The van der Waals surface area contributed by atoms with Crippen molar-refractivity contribution in [2.75, 3.05) is 26.2 Å². The highest BCUT2D eigenvalue weighted by molar-refractivity contribution is 5.00. The third kappa shape index (κ3) is 5.07. The van der Waals surface area contributed by atoms with Crippen LogP contribution in [0.2, 0.25) is 0 Å². The first kappa shape index (κ1) is 17.4. The largest absolute Gasteiger partial charge is 0.390 e. The number of rotatable bonds is 7. The number of aliphatic hydroxyl groups is 1. The Kier molecular flexibility index (Phi) is 6.41. The molecule has 3 atom stereocenters. The summed E-state index contributed by atoms with van der Waals surface area (Å²) in [6, 6.07) is 0.548. The number of aromatic nitrogens is 2. The van der Waals surface area contributed by atoms with Gasteiger partial charge in [0.1, 0.15) is 0 Å². The predicted molar refractivity (Wildman–Crippen MR) is 90.0 cm³/mol. The van der Waals surface area contributed by atoms with Gasteiger partial charge in [-0.2, -0.15) is 5.10 Å². The van der Waals surface area contributed by atoms with Crippen LogP contribution in [0.1, 0.15) is 45.2 Å². The van der Waals surface area contributed by atoms with E-state index < -0.39 is 0 Å². The highest BCUT2D eigenvalue weighted by atomic mass is 16.3. The maximum Gasteiger partial charge on any atom is 0.0791 e. The number of aliphatic hydroxyl groups excluding tert-OH is 1. The molecule has 1 fully saturated rings. The molecule has 5 nitrogen and oxygen atoms in total. The van der Waals surface area contributed by atoms with E-state index >= 15 is 0 Å². The van der Waals surface area contributed by atoms with Gasteiger partial charge in [0.25, 0.3) is 0 Å². The van der Waals surface area contributed by atoms with Gasteiger partial charge in [-0.15, -0.1) is 0 Å². The zero-order valence-electron chi connectivity index (χ0n) is 14.5. The molecular weight excluding hydrogens is 276 g/mol. The van der Waals surface area contributed by atoms with Gasteiger partial charge in [0.15, 0.2) is 0 Å². The van der Waals surface area contributed by atoms with Crippen molar-refractivity contribution >= 4 is 0 Å². The molecule has 1 aliphatic heterocycles. The minimum Gasteiger partial charge on any atom is -0.390 e. The molecule has 1 aliphatic rings. The number of hydrogen-bond acceptors (Lipinski definition) is 4. The normalized spacial score (nSPS) is 21.7. The summed E-state index contributed by atoms with van der Waals surface area (Å²) >= 11 is 0. The van der Waals surface area contributed by atoms with Crippen molar-refractivity contribution in [1.82, 2.24) is 20.0 Å². The molecular formula is C17H32N4O. The van der Waals surface area contributed by atoms with Gasteiger partial charge in [-0.05, 0) is 58.2 Å². The number of piperidine rings is 1. The van der Waals surface area contributed by atoms with Crippen molar-refractivity contribution in [3.05, 3.63) is 18.0 Å². The molecule has 0 aromatic carbocycles. The van der Waals surface area contributed by atoms with E-state index in [0.29, 0.717) is 6.54 Å². The van der Waals surface area contributed by atoms with E-state index in [-0.39, 0.29) is 18.2 Å². The average Bonchev–Trinajstić information content (AvgIpc) is 2.93. The minimum absolute atomic E-state index is 0.273. The van der Waals surface area contributed by atoms with Gasteiger partial charge in [-0.25, -0.2) is 0 Å². The van der Waals surface area contributed by atoms with Gasteiger partial charge in [-0.3, -0.25) is 4.68 Å². The lowest BCUT2D eigenvalue weighted by Gasteiger charge is -2.32. The van der Waals surface area contributed by atoms with Crippen LogP contribution in [0.15, 0.2) is 12.4 Å². The van der Waals surface area contributed by atoms with E-state index in [1.807, 2.05) is 10.9 Å². The highest BCUT2D eigenvalue weighted by Crippen LogP contribution is 2.16. The van der Waals surface area contributed by atoms with Crippen LogP contribution >= 0.6 is 0 Å². The summed E-state index contributed by atoms with van der Waals surface area (Å²) in [5.74, 6) is 0.838. The lowest BCUT2D eigenvalue weighted by atomic mass is 9.99. The first-order chi connectivity index (χ1) is 10.5. The van der Waals surface area contributed by atoms with Crippen LogP contribution in [-0.2, 0) is 0 Å². The Balaban J connectivity index is 1.70. The summed E-state index contributed by atoms with van der Waals surface area (Å²) in [7, 11) is 0. The Morgan fingerprint density at radius 1 is 1.36 bits per heavy atom. The molecule has 1 aromatic rings. The first-order valence-corrected chi connectivity index (χ1v) is 8.60. The molecule has 22 heavy (non-hydrogen) atoms. The van der Waals surface area contributed by atoms with Gasteiger partial charge < -0.3 is 15.3 Å². The zero-order chi connectivity index (χ0) is 16.1. The van der Waals surface area contributed by atoms with E-state index in [4.69, 9.17) is 0 Å². The van der Waals surface area contributed by atoms with E-state index in [9.17, 15) is 5.11 Å². The second kappa shape index (κ2) is 8.09. The van der Waals surface area contributed by atoms with Gasteiger partial charge in [-0.1, -0.05) is 6.92 Å². The molecule has 0 radical (unpaired) electrons. The number of aryl methyl sites for hydroxylation is 1. The van der Waals surface area contributed by atoms with Crippen molar-refractivity contribution in [1.29, 1.82) is 0 Å². The molecule has 0 bridgehead atoms. The van der Waals surface area contributed by atoms with Crippen molar-refractivity contribution < 1.29 is 5.11 Å². The van der Waals surface area contributed by atoms with Crippen LogP contribution < -0.4 is 5.32 Å². The van der Waals surface area contributed by atoms with Crippen LogP contribution in [0, 0.1) is 12.8 Å². The van der Waals surface area contributed by atoms with Crippen LogP contribution in [0.25, 0.3) is 0 Å². The highest BCUT2D eigenvalue weighted by Gasteiger charge is 2.20. The van der Waals surface area contributed by atoms with Crippen molar-refractivity contribution in [3.8, 4) is 0 Å². The van der Waals surface area contributed by atoms with Crippen LogP contribution in [0.3, 0.4) is 0 Å². The van der Waals surface area contributed by atoms with Crippen LogP contribution in [0.4, 0.5) is 0 Å². The van der Waals surface area contributed by atoms with Crippen LogP contribution in [-0.4, -0.2) is 58.1 Å². The Bertz CT molecular complexity index is 440. The average molecular weight is 308 g/mol. The lowest BCUT2D eigenvalue weighted by Crippen LogP contribution is -2.44. The summed E-state index contributed by atoms with van der Waals surface area (Å²) in [5, 5.41) is 18.1. The van der Waals surface area contributed by atoms with Gasteiger partial charge in [0, 0.05) is 25.3 Å². The molecule has 0 unspecified atom stereocenters. The number of likely N-dealkylation sites (tertiary alicyclic amines) is 1. The molecule has 2 N–H and O–H groups in total. The fourth-order valence-electron chi connectivity index (χ4n) is 2.98. The van der Waals surface area contributed by atoms with Crippen molar-refractivity contribution in [3.63, 3.8) is 0 Å². The lowest BCUT2D eigenvalue weighted by molar-refractivity contribution is 0.0877. The molecule has 5 heteroatoms. The maximum absolute atomic E-state index is 10.2. The summed E-state index contributed by atoms with van der Waals surface area (Å²) in [6.07, 6.45) is 6.16. The predicted octanol–water partition coefficient (Wildman–Crippen LogP) is 1.82. The van der Waals surface area contributed by atoms with Crippen LogP contribution in [0.5, 0.6) is 0 Å². The number of nitrogens with one attached hydrogen (secondary N) is 1. The van der Waals surface area contributed by atoms with E-state index in [2.05, 4.69) is 49.2 Å². The summed E-state index contributed by atoms with van der Waals surface area (Å²) in [5.41, 5.74) is 1.18. The molecule has 1 saturated heterocycles. The molecule has 0 amide bonds. The molecule has 2 rings (SSSR count). The molecule has 0 aliphatic carbocycles. The SMILES string of the molecule is Cc1cnn([C@H](C)[C@@H](C)NC[C@H](O)CN2CCC(C)CC2)c1. The molecule has 1 aromatic heterocycles. The Morgan fingerprint density at radius 3 is 2.64 bits per heavy atom. The third-order valence-corrected chi connectivity index (χ3v) is 4.89. The fraction of sp³-hybridized carbons (Fsp3) is 0.824. The summed E-state index contributed by atoms with van der Waals surface area (Å²) in [6.45, 7) is 12.3. The van der Waals surface area contributed by atoms with Crippen molar-refractivity contribution in [2.24, 2.45) is 5.92 Å². The summed E-state index contributed by atoms with van der Waals surface area (Å²) < 4.78 is 1.99. The molecule has 0 spiro atoms. The van der Waals surface area contributed by atoms with Crippen molar-refractivity contribution in [2.45, 2.75) is 58.7 Å². The van der Waals surface area contributed by atoms with Gasteiger partial charge in [0.2, 0.25) is 0 Å². The van der Waals surface area contributed by atoms with E-state index in [1.54, 1.807) is 0 Å². The molecule has 2 heterocycles. The quantitative estimate of drug-likeness (QED) is 0.807. The monoisotopic (exact) mass is 308 g/mol.